The summed E-state index contributed by atoms with van der Waals surface area (Å²) < 4.78 is 6.58. The number of hydrogen-bond acceptors (Lipinski definition) is 2. The van der Waals surface area contributed by atoms with Gasteiger partial charge in [-0.25, -0.2) is 0 Å². The molecule has 2 aromatic rings. The van der Waals surface area contributed by atoms with Gasteiger partial charge in [0.1, 0.15) is 12.4 Å². The maximum Gasteiger partial charge on any atom is 0.119 e. The minimum absolute atomic E-state index is 0.528. The van der Waals surface area contributed by atoms with E-state index in [9.17, 15) is 0 Å². The smallest absolute Gasteiger partial charge is 0.119 e. The molecule has 2 nitrogen and oxygen atoms in total. The van der Waals surface area contributed by atoms with Crippen LogP contribution in [0.5, 0.6) is 5.75 Å². The molecule has 0 fully saturated rings. The summed E-state index contributed by atoms with van der Waals surface area (Å²) in [5, 5.41) is 0. The largest absolute Gasteiger partial charge is 0.489 e. The lowest BCUT2D eigenvalue weighted by atomic mass is 10.2. The highest BCUT2D eigenvalue weighted by Gasteiger charge is 1.99. The third-order valence-electron chi connectivity index (χ3n) is 2.49. The zero-order valence-electron chi connectivity index (χ0n) is 9.61. The number of benzene rings is 2. The van der Waals surface area contributed by atoms with Gasteiger partial charge >= 0.3 is 0 Å². The zero-order valence-corrected chi connectivity index (χ0v) is 11.2. The van der Waals surface area contributed by atoms with Crippen molar-refractivity contribution in [3.05, 3.63) is 58.1 Å². The molecule has 3 heteroatoms. The van der Waals surface area contributed by atoms with Crippen LogP contribution >= 0.6 is 15.9 Å². The van der Waals surface area contributed by atoms with Crippen LogP contribution in [-0.4, -0.2) is 0 Å². The predicted molar refractivity (Wildman–Crippen MR) is 74.1 cm³/mol. The van der Waals surface area contributed by atoms with Gasteiger partial charge in [-0.2, -0.15) is 0 Å². The van der Waals surface area contributed by atoms with E-state index in [0.717, 1.165) is 21.5 Å². The molecule has 0 aliphatic rings. The molecule has 17 heavy (non-hydrogen) atoms. The lowest BCUT2D eigenvalue weighted by Gasteiger charge is -2.07. The molecule has 0 amide bonds. The van der Waals surface area contributed by atoms with Crippen LogP contribution in [0.2, 0.25) is 0 Å². The predicted octanol–water partition coefficient (Wildman–Crippen LogP) is 3.92. The number of ether oxygens (including phenoxy) is 1. The third kappa shape index (κ3) is 3.24. The van der Waals surface area contributed by atoms with Crippen molar-refractivity contribution < 1.29 is 4.74 Å². The quantitative estimate of drug-likeness (QED) is 0.870. The minimum atomic E-state index is 0.528. The van der Waals surface area contributed by atoms with E-state index >= 15 is 0 Å². The Morgan fingerprint density at radius 2 is 1.82 bits per heavy atom. The van der Waals surface area contributed by atoms with E-state index in [0.29, 0.717) is 6.61 Å². The molecule has 0 saturated carbocycles. The summed E-state index contributed by atoms with van der Waals surface area (Å²) in [6.45, 7) is 2.58. The fraction of sp³-hybridized carbons (Fsp3) is 0.143. The van der Waals surface area contributed by atoms with Crippen molar-refractivity contribution in [2.24, 2.45) is 0 Å². The molecule has 0 unspecified atom stereocenters. The van der Waals surface area contributed by atoms with Crippen LogP contribution < -0.4 is 10.5 Å². The van der Waals surface area contributed by atoms with Crippen molar-refractivity contribution in [2.45, 2.75) is 13.5 Å². The second kappa shape index (κ2) is 5.23. The van der Waals surface area contributed by atoms with Crippen LogP contribution in [0, 0.1) is 6.92 Å². The number of hydrogen-bond donors (Lipinski definition) is 1. The Bertz CT molecular complexity index is 508. The standard InChI is InChI=1S/C14H14BrNO/c1-10-2-5-12(6-3-10)17-9-11-4-7-13(15)14(16)8-11/h2-8H,9,16H2,1H3. The van der Waals surface area contributed by atoms with Gasteiger partial charge in [-0.1, -0.05) is 23.8 Å². The van der Waals surface area contributed by atoms with E-state index in [4.69, 9.17) is 10.5 Å². The second-order valence-corrected chi connectivity index (χ2v) is 4.81. The van der Waals surface area contributed by atoms with Gasteiger partial charge in [-0.05, 0) is 52.7 Å². The molecular formula is C14H14BrNO. The molecule has 2 rings (SSSR count). The van der Waals surface area contributed by atoms with E-state index in [1.54, 1.807) is 0 Å². The van der Waals surface area contributed by atoms with Gasteiger partial charge in [-0.3, -0.25) is 0 Å². The number of rotatable bonds is 3. The molecule has 0 radical (unpaired) electrons. The molecule has 0 aliphatic heterocycles. The second-order valence-electron chi connectivity index (χ2n) is 3.96. The van der Waals surface area contributed by atoms with Gasteiger partial charge in [0.05, 0.1) is 0 Å². The highest BCUT2D eigenvalue weighted by Crippen LogP contribution is 2.21. The van der Waals surface area contributed by atoms with E-state index < -0.39 is 0 Å². The number of anilines is 1. The first-order chi connectivity index (χ1) is 8.15. The summed E-state index contributed by atoms with van der Waals surface area (Å²) in [6, 6.07) is 13.8. The van der Waals surface area contributed by atoms with Crippen molar-refractivity contribution in [1.29, 1.82) is 0 Å². The Balaban J connectivity index is 2.02. The van der Waals surface area contributed by atoms with Crippen LogP contribution in [-0.2, 0) is 6.61 Å². The van der Waals surface area contributed by atoms with Gasteiger partial charge in [0.25, 0.3) is 0 Å². The SMILES string of the molecule is Cc1ccc(OCc2ccc(Br)c(N)c2)cc1. The van der Waals surface area contributed by atoms with Crippen molar-refractivity contribution in [2.75, 3.05) is 5.73 Å². The summed E-state index contributed by atoms with van der Waals surface area (Å²) in [7, 11) is 0. The maximum atomic E-state index is 5.81. The number of aryl methyl sites for hydroxylation is 1. The van der Waals surface area contributed by atoms with Gasteiger partial charge in [0, 0.05) is 10.2 Å². The van der Waals surface area contributed by atoms with E-state index in [1.165, 1.54) is 5.56 Å². The molecule has 88 valence electrons. The summed E-state index contributed by atoms with van der Waals surface area (Å²) in [4.78, 5) is 0. The summed E-state index contributed by atoms with van der Waals surface area (Å²) in [5.41, 5.74) is 8.83. The van der Waals surface area contributed by atoms with Crippen LogP contribution in [0.1, 0.15) is 11.1 Å². The molecule has 0 aromatic heterocycles. The average Bonchev–Trinajstić information content (AvgIpc) is 2.33. The van der Waals surface area contributed by atoms with Crippen molar-refractivity contribution in [3.63, 3.8) is 0 Å². The average molecular weight is 292 g/mol. The molecule has 0 saturated heterocycles. The van der Waals surface area contributed by atoms with Crippen molar-refractivity contribution in [3.8, 4) is 5.75 Å². The first-order valence-corrected chi connectivity index (χ1v) is 6.18. The van der Waals surface area contributed by atoms with Crippen LogP contribution in [0.3, 0.4) is 0 Å². The molecule has 0 bridgehead atoms. The molecule has 2 aromatic carbocycles. The molecule has 2 N–H and O–H groups in total. The monoisotopic (exact) mass is 291 g/mol. The minimum Gasteiger partial charge on any atom is -0.489 e. The Morgan fingerprint density at radius 1 is 1.12 bits per heavy atom. The summed E-state index contributed by atoms with van der Waals surface area (Å²) in [6.07, 6.45) is 0. The normalized spacial score (nSPS) is 10.2. The zero-order chi connectivity index (χ0) is 12.3. The van der Waals surface area contributed by atoms with Gasteiger partial charge in [-0.15, -0.1) is 0 Å². The van der Waals surface area contributed by atoms with Crippen molar-refractivity contribution >= 4 is 21.6 Å². The van der Waals surface area contributed by atoms with E-state index in [2.05, 4.69) is 22.9 Å². The number of nitrogen functional groups attached to an aromatic ring is 1. The van der Waals surface area contributed by atoms with Crippen LogP contribution in [0.4, 0.5) is 5.69 Å². The fourth-order valence-electron chi connectivity index (χ4n) is 1.48. The Kier molecular flexibility index (Phi) is 3.69. The van der Waals surface area contributed by atoms with E-state index in [-0.39, 0.29) is 0 Å². The first-order valence-electron chi connectivity index (χ1n) is 5.38. The third-order valence-corrected chi connectivity index (χ3v) is 3.21. The highest BCUT2D eigenvalue weighted by atomic mass is 79.9. The fourth-order valence-corrected chi connectivity index (χ4v) is 1.73. The molecule has 0 heterocycles. The first kappa shape index (κ1) is 12.0. The summed E-state index contributed by atoms with van der Waals surface area (Å²) in [5.74, 6) is 0.872. The van der Waals surface area contributed by atoms with Gasteiger partial charge < -0.3 is 10.5 Å². The lowest BCUT2D eigenvalue weighted by Crippen LogP contribution is -1.97. The number of halogens is 1. The van der Waals surface area contributed by atoms with E-state index in [1.807, 2.05) is 42.5 Å². The highest BCUT2D eigenvalue weighted by molar-refractivity contribution is 9.10. The molecular weight excluding hydrogens is 278 g/mol. The summed E-state index contributed by atoms with van der Waals surface area (Å²) >= 11 is 3.37. The Labute approximate surface area is 110 Å². The topological polar surface area (TPSA) is 35.2 Å². The van der Waals surface area contributed by atoms with Gasteiger partial charge in [0.2, 0.25) is 0 Å². The van der Waals surface area contributed by atoms with Crippen LogP contribution in [0.15, 0.2) is 46.9 Å². The molecule has 0 aliphatic carbocycles. The Hall–Kier alpha value is -1.48. The molecule has 0 atom stereocenters. The van der Waals surface area contributed by atoms with Crippen LogP contribution in [0.25, 0.3) is 0 Å². The van der Waals surface area contributed by atoms with Crippen molar-refractivity contribution in [1.82, 2.24) is 0 Å². The molecule has 0 spiro atoms. The number of nitrogens with two attached hydrogens (primary N) is 1. The Morgan fingerprint density at radius 3 is 2.47 bits per heavy atom. The van der Waals surface area contributed by atoms with Gasteiger partial charge in [0.15, 0.2) is 0 Å². The maximum absolute atomic E-state index is 5.81. The lowest BCUT2D eigenvalue weighted by molar-refractivity contribution is 0.306.